The van der Waals surface area contributed by atoms with Crippen LogP contribution >= 0.6 is 0 Å². The molecule has 0 saturated heterocycles. The zero-order valence-electron chi connectivity index (χ0n) is 15.6. The van der Waals surface area contributed by atoms with E-state index in [0.717, 1.165) is 16.8 Å². The summed E-state index contributed by atoms with van der Waals surface area (Å²) >= 11 is 0. The van der Waals surface area contributed by atoms with Crippen LogP contribution in [0.1, 0.15) is 16.3 Å². The SMILES string of the molecule is Cc1ccnc2nc(C(=O)OCC(=O)Nc3ccc(-c4ccccc4)cc3)nn12. The van der Waals surface area contributed by atoms with Crippen molar-refractivity contribution in [3.8, 4) is 11.1 Å². The minimum absolute atomic E-state index is 0.146. The van der Waals surface area contributed by atoms with Gasteiger partial charge in [0, 0.05) is 17.6 Å². The highest BCUT2D eigenvalue weighted by Crippen LogP contribution is 2.20. The molecule has 4 rings (SSSR count). The Morgan fingerprint density at radius 2 is 1.72 bits per heavy atom. The quantitative estimate of drug-likeness (QED) is 0.529. The number of anilines is 1. The molecule has 8 heteroatoms. The molecule has 0 aliphatic carbocycles. The third-order valence-electron chi connectivity index (χ3n) is 4.22. The first kappa shape index (κ1) is 18.3. The lowest BCUT2D eigenvalue weighted by molar-refractivity contribution is -0.119. The Morgan fingerprint density at radius 1 is 1.00 bits per heavy atom. The molecule has 0 spiro atoms. The zero-order chi connectivity index (χ0) is 20.2. The normalized spacial score (nSPS) is 10.7. The van der Waals surface area contributed by atoms with Gasteiger partial charge in [0.05, 0.1) is 0 Å². The number of fused-ring (bicyclic) bond motifs is 1. The molecule has 0 bridgehead atoms. The summed E-state index contributed by atoms with van der Waals surface area (Å²) in [6, 6.07) is 19.1. The van der Waals surface area contributed by atoms with Crippen LogP contribution in [0.2, 0.25) is 0 Å². The van der Waals surface area contributed by atoms with E-state index in [9.17, 15) is 9.59 Å². The minimum Gasteiger partial charge on any atom is -0.450 e. The summed E-state index contributed by atoms with van der Waals surface area (Å²) in [5, 5.41) is 6.74. The summed E-state index contributed by atoms with van der Waals surface area (Å²) < 4.78 is 6.44. The smallest absolute Gasteiger partial charge is 0.378 e. The Bertz CT molecular complexity index is 1170. The molecule has 0 aliphatic heterocycles. The van der Waals surface area contributed by atoms with Crippen LogP contribution < -0.4 is 5.32 Å². The third kappa shape index (κ3) is 4.11. The average Bonchev–Trinajstić information content (AvgIpc) is 3.19. The fourth-order valence-electron chi connectivity index (χ4n) is 2.76. The van der Waals surface area contributed by atoms with Crippen molar-refractivity contribution >= 4 is 23.3 Å². The monoisotopic (exact) mass is 387 g/mol. The van der Waals surface area contributed by atoms with Gasteiger partial charge in [0.2, 0.25) is 0 Å². The summed E-state index contributed by atoms with van der Waals surface area (Å²) in [6.07, 6.45) is 1.57. The van der Waals surface area contributed by atoms with Crippen molar-refractivity contribution in [3.63, 3.8) is 0 Å². The van der Waals surface area contributed by atoms with Crippen LogP contribution in [0.15, 0.2) is 66.9 Å². The molecule has 1 N–H and O–H groups in total. The van der Waals surface area contributed by atoms with E-state index in [2.05, 4.69) is 20.4 Å². The number of hydrogen-bond donors (Lipinski definition) is 1. The van der Waals surface area contributed by atoms with E-state index in [4.69, 9.17) is 4.74 Å². The number of ether oxygens (including phenoxy) is 1. The van der Waals surface area contributed by atoms with Gasteiger partial charge in [-0.15, -0.1) is 5.10 Å². The van der Waals surface area contributed by atoms with Crippen molar-refractivity contribution < 1.29 is 14.3 Å². The number of aromatic nitrogens is 4. The number of hydrogen-bond acceptors (Lipinski definition) is 6. The van der Waals surface area contributed by atoms with Gasteiger partial charge in [-0.3, -0.25) is 4.79 Å². The summed E-state index contributed by atoms with van der Waals surface area (Å²) in [7, 11) is 0. The van der Waals surface area contributed by atoms with Crippen LogP contribution in [-0.2, 0) is 9.53 Å². The summed E-state index contributed by atoms with van der Waals surface area (Å²) in [5.41, 5.74) is 3.51. The van der Waals surface area contributed by atoms with Gasteiger partial charge >= 0.3 is 5.97 Å². The van der Waals surface area contributed by atoms with Crippen LogP contribution in [0.3, 0.4) is 0 Å². The topological polar surface area (TPSA) is 98.5 Å². The molecule has 0 saturated carbocycles. The fraction of sp³-hybridized carbons (Fsp3) is 0.0952. The Labute approximate surface area is 166 Å². The highest BCUT2D eigenvalue weighted by atomic mass is 16.5. The fourth-order valence-corrected chi connectivity index (χ4v) is 2.76. The molecule has 0 atom stereocenters. The van der Waals surface area contributed by atoms with E-state index >= 15 is 0 Å². The average molecular weight is 387 g/mol. The highest BCUT2D eigenvalue weighted by molar-refractivity contribution is 5.94. The number of carbonyl (C=O) groups excluding carboxylic acids is 2. The molecule has 8 nitrogen and oxygen atoms in total. The molecule has 144 valence electrons. The van der Waals surface area contributed by atoms with Crippen LogP contribution in [0.5, 0.6) is 0 Å². The van der Waals surface area contributed by atoms with Gasteiger partial charge in [0.25, 0.3) is 17.5 Å². The first-order chi connectivity index (χ1) is 14.1. The van der Waals surface area contributed by atoms with E-state index in [0.29, 0.717) is 11.5 Å². The van der Waals surface area contributed by atoms with Crippen molar-refractivity contribution in [1.82, 2.24) is 19.6 Å². The molecule has 4 aromatic rings. The lowest BCUT2D eigenvalue weighted by Gasteiger charge is -2.07. The molecule has 0 aliphatic rings. The number of rotatable bonds is 5. The molecule has 1 amide bonds. The number of carbonyl (C=O) groups is 2. The molecule has 0 fully saturated rings. The van der Waals surface area contributed by atoms with Crippen molar-refractivity contribution in [2.45, 2.75) is 6.92 Å². The number of nitrogens with zero attached hydrogens (tertiary/aromatic N) is 4. The maximum atomic E-state index is 12.1. The van der Waals surface area contributed by atoms with Gasteiger partial charge in [0.1, 0.15) is 0 Å². The van der Waals surface area contributed by atoms with E-state index < -0.39 is 18.5 Å². The minimum atomic E-state index is -0.788. The highest BCUT2D eigenvalue weighted by Gasteiger charge is 2.17. The predicted molar refractivity (Wildman–Crippen MR) is 106 cm³/mol. The van der Waals surface area contributed by atoms with Crippen molar-refractivity contribution in [3.05, 3.63) is 78.4 Å². The van der Waals surface area contributed by atoms with Gasteiger partial charge < -0.3 is 10.1 Å². The molecule has 29 heavy (non-hydrogen) atoms. The maximum absolute atomic E-state index is 12.1. The molecular formula is C21H17N5O3. The van der Waals surface area contributed by atoms with Crippen LogP contribution in [0, 0.1) is 6.92 Å². The van der Waals surface area contributed by atoms with Crippen molar-refractivity contribution in [1.29, 1.82) is 0 Å². The van der Waals surface area contributed by atoms with Gasteiger partial charge in [-0.2, -0.15) is 4.98 Å². The second kappa shape index (κ2) is 7.89. The number of benzene rings is 2. The standard InChI is InChI=1S/C21H17N5O3/c1-14-11-12-22-21-24-19(25-26(14)21)20(28)29-13-18(27)23-17-9-7-16(8-10-17)15-5-3-2-4-6-15/h2-12H,13H2,1H3,(H,23,27). The molecular weight excluding hydrogens is 370 g/mol. The summed E-state index contributed by atoms with van der Waals surface area (Å²) in [5.74, 6) is -1.10. The largest absolute Gasteiger partial charge is 0.450 e. The van der Waals surface area contributed by atoms with E-state index in [1.54, 1.807) is 24.4 Å². The number of esters is 1. The molecule has 0 unspecified atom stereocenters. The first-order valence-corrected chi connectivity index (χ1v) is 8.91. The summed E-state index contributed by atoms with van der Waals surface area (Å²) in [4.78, 5) is 32.2. The molecule has 2 aromatic carbocycles. The Hall–Kier alpha value is -4.07. The predicted octanol–water partition coefficient (Wildman–Crippen LogP) is 2.90. The van der Waals surface area contributed by atoms with Crippen LogP contribution in [0.25, 0.3) is 16.9 Å². The lowest BCUT2D eigenvalue weighted by atomic mass is 10.1. The number of aryl methyl sites for hydroxylation is 1. The van der Waals surface area contributed by atoms with E-state index in [1.165, 1.54) is 4.52 Å². The Morgan fingerprint density at radius 3 is 2.45 bits per heavy atom. The Balaban J connectivity index is 1.34. The van der Waals surface area contributed by atoms with Gasteiger partial charge in [-0.1, -0.05) is 42.5 Å². The Kier molecular flexibility index (Phi) is 4.98. The van der Waals surface area contributed by atoms with Crippen molar-refractivity contribution in [2.24, 2.45) is 0 Å². The number of nitrogens with one attached hydrogen (secondary N) is 1. The number of amides is 1. The first-order valence-electron chi connectivity index (χ1n) is 8.91. The second-order valence-electron chi connectivity index (χ2n) is 6.30. The van der Waals surface area contributed by atoms with Crippen LogP contribution in [0.4, 0.5) is 5.69 Å². The van der Waals surface area contributed by atoms with Crippen molar-refractivity contribution in [2.75, 3.05) is 11.9 Å². The van der Waals surface area contributed by atoms with Gasteiger partial charge in [-0.25, -0.2) is 14.3 Å². The zero-order valence-corrected chi connectivity index (χ0v) is 15.6. The van der Waals surface area contributed by atoms with Gasteiger partial charge in [-0.05, 0) is 36.2 Å². The van der Waals surface area contributed by atoms with E-state index in [1.807, 2.05) is 49.4 Å². The van der Waals surface area contributed by atoms with Gasteiger partial charge in [0.15, 0.2) is 6.61 Å². The van der Waals surface area contributed by atoms with Crippen LogP contribution in [-0.4, -0.2) is 38.1 Å². The lowest BCUT2D eigenvalue weighted by Crippen LogP contribution is -2.21. The molecule has 2 aromatic heterocycles. The van der Waals surface area contributed by atoms with E-state index in [-0.39, 0.29) is 5.82 Å². The second-order valence-corrected chi connectivity index (χ2v) is 6.30. The molecule has 2 heterocycles. The maximum Gasteiger partial charge on any atom is 0.378 e. The molecule has 0 radical (unpaired) electrons. The summed E-state index contributed by atoms with van der Waals surface area (Å²) in [6.45, 7) is 1.37. The third-order valence-corrected chi connectivity index (χ3v) is 4.22.